The molecule has 1 unspecified atom stereocenters. The minimum Gasteiger partial charge on any atom is -0.493 e. The zero-order valence-electron chi connectivity index (χ0n) is 20.4. The van der Waals surface area contributed by atoms with Gasteiger partial charge < -0.3 is 19.1 Å². The van der Waals surface area contributed by atoms with E-state index in [1.54, 1.807) is 12.1 Å². The summed E-state index contributed by atoms with van der Waals surface area (Å²) in [5, 5.41) is 11.7. The van der Waals surface area contributed by atoms with Gasteiger partial charge in [0, 0.05) is 42.9 Å². The first-order valence-corrected chi connectivity index (χ1v) is 13.2. The van der Waals surface area contributed by atoms with Gasteiger partial charge in [0.05, 0.1) is 34.7 Å². The fraction of sp³-hybridized carbons (Fsp3) is 0.280. The minimum atomic E-state index is -4.21. The van der Waals surface area contributed by atoms with Crippen LogP contribution >= 0.6 is 11.6 Å². The fourth-order valence-electron chi connectivity index (χ4n) is 4.13. The number of hydrogen-bond acceptors (Lipinski definition) is 8. The van der Waals surface area contributed by atoms with E-state index >= 15 is 0 Å². The van der Waals surface area contributed by atoms with Gasteiger partial charge in [0.1, 0.15) is 11.9 Å². The van der Waals surface area contributed by atoms with E-state index < -0.39 is 14.9 Å². The van der Waals surface area contributed by atoms with Crippen LogP contribution in [-0.2, 0) is 10.0 Å². The summed E-state index contributed by atoms with van der Waals surface area (Å²) in [6.45, 7) is 1.64. The number of likely N-dealkylation sites (tertiary alicyclic amines) is 1. The number of anilines is 1. The van der Waals surface area contributed by atoms with Crippen molar-refractivity contribution in [3.05, 3.63) is 69.7 Å². The minimum absolute atomic E-state index is 0.0549. The molecule has 1 aliphatic rings. The highest BCUT2D eigenvalue weighted by molar-refractivity contribution is 7.92. The molecule has 1 N–H and O–H groups in total. The van der Waals surface area contributed by atoms with E-state index in [1.807, 2.05) is 7.05 Å². The predicted molar refractivity (Wildman–Crippen MR) is 140 cm³/mol. The van der Waals surface area contributed by atoms with Gasteiger partial charge in [-0.05, 0) is 37.2 Å². The van der Waals surface area contributed by atoms with Gasteiger partial charge in [0.25, 0.3) is 15.7 Å². The molecule has 196 valence electrons. The first-order chi connectivity index (χ1) is 17.6. The van der Waals surface area contributed by atoms with Crippen molar-refractivity contribution in [2.45, 2.75) is 17.4 Å². The first kappa shape index (κ1) is 26.5. The van der Waals surface area contributed by atoms with Gasteiger partial charge in [0.15, 0.2) is 11.5 Å². The van der Waals surface area contributed by atoms with Gasteiger partial charge in [-0.3, -0.25) is 14.8 Å². The van der Waals surface area contributed by atoms with Gasteiger partial charge in [-0.2, -0.15) is 0 Å². The molecule has 1 atom stereocenters. The van der Waals surface area contributed by atoms with E-state index in [2.05, 4.69) is 9.62 Å². The SMILES string of the molecule is COc1cc(-c2cccc([N+](=O)[O-])c2)c(S(=O)(=O)Nc2ccc(Cl)c(OC3CCN(C)C3)c2)cc1OC. The lowest BCUT2D eigenvalue weighted by atomic mass is 10.0. The predicted octanol–water partition coefficient (Wildman–Crippen LogP) is 4.82. The number of hydrogen-bond donors (Lipinski definition) is 1. The molecule has 3 aromatic carbocycles. The average molecular weight is 548 g/mol. The van der Waals surface area contributed by atoms with E-state index in [-0.39, 0.29) is 39.4 Å². The average Bonchev–Trinajstić information content (AvgIpc) is 3.29. The quantitative estimate of drug-likeness (QED) is 0.299. The highest BCUT2D eigenvalue weighted by atomic mass is 35.5. The summed E-state index contributed by atoms with van der Waals surface area (Å²) in [6, 6.07) is 13.1. The van der Waals surface area contributed by atoms with Crippen molar-refractivity contribution in [1.29, 1.82) is 0 Å². The number of halogens is 1. The Kier molecular flexibility index (Phi) is 7.76. The third-order valence-electron chi connectivity index (χ3n) is 5.97. The van der Waals surface area contributed by atoms with Crippen molar-refractivity contribution in [2.24, 2.45) is 0 Å². The Morgan fingerprint density at radius 1 is 1.05 bits per heavy atom. The first-order valence-electron chi connectivity index (χ1n) is 11.3. The number of non-ortho nitro benzene ring substituents is 1. The maximum atomic E-state index is 13.6. The molecule has 1 aliphatic heterocycles. The second-order valence-corrected chi connectivity index (χ2v) is 10.6. The summed E-state index contributed by atoms with van der Waals surface area (Å²) >= 11 is 6.32. The van der Waals surface area contributed by atoms with Crippen molar-refractivity contribution in [3.8, 4) is 28.4 Å². The lowest BCUT2D eigenvalue weighted by Crippen LogP contribution is -2.21. The van der Waals surface area contributed by atoms with E-state index in [1.165, 1.54) is 56.7 Å². The van der Waals surface area contributed by atoms with Gasteiger partial charge in [-0.15, -0.1) is 0 Å². The van der Waals surface area contributed by atoms with Crippen molar-refractivity contribution in [2.75, 3.05) is 39.1 Å². The number of rotatable bonds is 9. The molecule has 0 spiro atoms. The normalized spacial score (nSPS) is 15.8. The molecule has 37 heavy (non-hydrogen) atoms. The number of likely N-dealkylation sites (N-methyl/N-ethyl adjacent to an activating group) is 1. The van der Waals surface area contributed by atoms with E-state index in [9.17, 15) is 18.5 Å². The van der Waals surface area contributed by atoms with Gasteiger partial charge >= 0.3 is 0 Å². The van der Waals surface area contributed by atoms with Crippen LogP contribution < -0.4 is 18.9 Å². The maximum Gasteiger partial charge on any atom is 0.270 e. The molecule has 3 aromatic rings. The third kappa shape index (κ3) is 5.90. The summed E-state index contributed by atoms with van der Waals surface area (Å²) in [5.74, 6) is 0.822. The Balaban J connectivity index is 1.74. The van der Waals surface area contributed by atoms with Gasteiger partial charge in [-0.25, -0.2) is 8.42 Å². The number of nitrogens with one attached hydrogen (secondary N) is 1. The Labute approximate surface area is 219 Å². The number of sulfonamides is 1. The molecule has 4 rings (SSSR count). The van der Waals surface area contributed by atoms with E-state index in [0.29, 0.717) is 16.3 Å². The largest absolute Gasteiger partial charge is 0.493 e. The molecule has 12 heteroatoms. The van der Waals surface area contributed by atoms with Crippen LogP contribution in [0.1, 0.15) is 6.42 Å². The summed E-state index contributed by atoms with van der Waals surface area (Å²) in [7, 11) is 0.589. The summed E-state index contributed by atoms with van der Waals surface area (Å²) in [4.78, 5) is 12.8. The van der Waals surface area contributed by atoms with Gasteiger partial charge in [0.2, 0.25) is 0 Å². The molecule has 0 aliphatic carbocycles. The van der Waals surface area contributed by atoms with Crippen molar-refractivity contribution in [3.63, 3.8) is 0 Å². The zero-order chi connectivity index (χ0) is 26.7. The second kappa shape index (κ2) is 10.8. The van der Waals surface area contributed by atoms with Crippen LogP contribution in [0.25, 0.3) is 11.1 Å². The molecular formula is C25H26ClN3O7S. The Morgan fingerprint density at radius 3 is 2.43 bits per heavy atom. The molecule has 0 saturated carbocycles. The number of nitro benzene ring substituents is 1. The molecule has 10 nitrogen and oxygen atoms in total. The van der Waals surface area contributed by atoms with Gasteiger partial charge in [-0.1, -0.05) is 23.7 Å². The second-order valence-electron chi connectivity index (χ2n) is 8.55. The summed E-state index contributed by atoms with van der Waals surface area (Å²) in [5.41, 5.74) is 0.584. The third-order valence-corrected chi connectivity index (χ3v) is 7.70. The van der Waals surface area contributed by atoms with Crippen LogP contribution in [0.4, 0.5) is 11.4 Å². The van der Waals surface area contributed by atoms with Crippen molar-refractivity contribution < 1.29 is 27.6 Å². The van der Waals surface area contributed by atoms with E-state index in [4.69, 9.17) is 25.8 Å². The lowest BCUT2D eigenvalue weighted by Gasteiger charge is -2.18. The number of ether oxygens (including phenoxy) is 3. The standard InChI is InChI=1S/C25H26ClN3O7S/c1-28-10-9-19(15-28)36-22-12-17(7-8-21(22)26)27-37(32,33)25-14-24(35-3)23(34-2)13-20(25)16-5-4-6-18(11-16)29(30)31/h4-8,11-14,19,27H,9-10,15H2,1-3H3. The molecule has 1 fully saturated rings. The van der Waals surface area contributed by atoms with E-state index in [0.717, 1.165) is 19.5 Å². The van der Waals surface area contributed by atoms with Crippen LogP contribution in [-0.4, -0.2) is 58.7 Å². The number of nitrogens with zero attached hydrogens (tertiary/aromatic N) is 2. The maximum absolute atomic E-state index is 13.6. The molecule has 1 heterocycles. The molecular weight excluding hydrogens is 522 g/mol. The number of nitro groups is 1. The lowest BCUT2D eigenvalue weighted by molar-refractivity contribution is -0.384. The highest BCUT2D eigenvalue weighted by Gasteiger charge is 2.26. The van der Waals surface area contributed by atoms with Crippen LogP contribution in [0.5, 0.6) is 17.2 Å². The zero-order valence-corrected chi connectivity index (χ0v) is 22.0. The summed E-state index contributed by atoms with van der Waals surface area (Å²) < 4.78 is 46.6. The fourth-order valence-corrected chi connectivity index (χ4v) is 5.57. The highest BCUT2D eigenvalue weighted by Crippen LogP contribution is 2.40. The Morgan fingerprint density at radius 2 is 1.78 bits per heavy atom. The van der Waals surface area contributed by atoms with Crippen LogP contribution in [0.15, 0.2) is 59.5 Å². The van der Waals surface area contributed by atoms with Crippen LogP contribution in [0.2, 0.25) is 5.02 Å². The Bertz CT molecular complexity index is 1430. The number of methoxy groups -OCH3 is 2. The number of benzene rings is 3. The molecule has 1 saturated heterocycles. The Hall–Kier alpha value is -3.54. The van der Waals surface area contributed by atoms with Crippen molar-refractivity contribution >= 4 is 33.0 Å². The summed E-state index contributed by atoms with van der Waals surface area (Å²) in [6.07, 6.45) is 0.779. The van der Waals surface area contributed by atoms with Crippen LogP contribution in [0, 0.1) is 10.1 Å². The van der Waals surface area contributed by atoms with Crippen LogP contribution in [0.3, 0.4) is 0 Å². The molecule has 0 amide bonds. The molecule has 0 aromatic heterocycles. The van der Waals surface area contributed by atoms with Crippen molar-refractivity contribution in [1.82, 2.24) is 4.90 Å². The topological polar surface area (TPSA) is 120 Å². The monoisotopic (exact) mass is 547 g/mol. The smallest absolute Gasteiger partial charge is 0.270 e. The molecule has 0 bridgehead atoms. The molecule has 0 radical (unpaired) electrons.